The topological polar surface area (TPSA) is 54.0 Å². The van der Waals surface area contributed by atoms with Crippen LogP contribution in [0.25, 0.3) is 10.8 Å². The average molecular weight is 476 g/mol. The fourth-order valence-electron chi connectivity index (χ4n) is 4.71. The molecule has 0 aliphatic carbocycles. The number of methoxy groups -OCH3 is 2. The van der Waals surface area contributed by atoms with Gasteiger partial charge in [-0.2, -0.15) is 0 Å². The number of rotatable bonds is 10. The molecule has 3 aromatic rings. The summed E-state index contributed by atoms with van der Waals surface area (Å²) in [5, 5.41) is 5.76. The molecule has 1 N–H and O–H groups in total. The van der Waals surface area contributed by atoms with Gasteiger partial charge in [0.15, 0.2) is 0 Å². The van der Waals surface area contributed by atoms with Gasteiger partial charge in [-0.3, -0.25) is 14.6 Å². The van der Waals surface area contributed by atoms with Crippen molar-refractivity contribution in [2.24, 2.45) is 0 Å². The van der Waals surface area contributed by atoms with Gasteiger partial charge in [0, 0.05) is 51.4 Å². The Labute approximate surface area is 208 Å². The standard InChI is InChI=1S/C29H37N3O3/c1-31(15-16-34-2)20-22-7-9-24-10-8-23(18-26(24)17-22)21-32-13-11-27(12-14-32)30-29(33)25-5-4-6-28(19-25)35-3/h4-10,17-19,27H,11-16,20-21H2,1-3H3,(H,30,33). The number of hydrogen-bond acceptors (Lipinski definition) is 5. The van der Waals surface area contributed by atoms with Crippen LogP contribution in [0, 0.1) is 0 Å². The van der Waals surface area contributed by atoms with Gasteiger partial charge < -0.3 is 14.8 Å². The lowest BCUT2D eigenvalue weighted by Gasteiger charge is -2.32. The lowest BCUT2D eigenvalue weighted by atomic mass is 10.0. The fraction of sp³-hybridized carbons (Fsp3) is 0.414. The van der Waals surface area contributed by atoms with Crippen molar-refractivity contribution in [2.45, 2.75) is 32.0 Å². The van der Waals surface area contributed by atoms with Crippen molar-refractivity contribution >= 4 is 16.7 Å². The zero-order valence-electron chi connectivity index (χ0n) is 21.1. The van der Waals surface area contributed by atoms with Crippen LogP contribution in [0.1, 0.15) is 34.3 Å². The van der Waals surface area contributed by atoms with Gasteiger partial charge >= 0.3 is 0 Å². The molecule has 1 amide bonds. The van der Waals surface area contributed by atoms with E-state index in [4.69, 9.17) is 9.47 Å². The number of likely N-dealkylation sites (N-methyl/N-ethyl adjacent to an activating group) is 1. The quantitative estimate of drug-likeness (QED) is 0.473. The predicted molar refractivity (Wildman–Crippen MR) is 141 cm³/mol. The smallest absolute Gasteiger partial charge is 0.251 e. The Hall–Kier alpha value is -2.93. The van der Waals surface area contributed by atoms with Gasteiger partial charge in [0.05, 0.1) is 13.7 Å². The second-order valence-corrected chi connectivity index (χ2v) is 9.50. The third-order valence-corrected chi connectivity index (χ3v) is 6.76. The summed E-state index contributed by atoms with van der Waals surface area (Å²) in [5.41, 5.74) is 3.30. The maximum Gasteiger partial charge on any atom is 0.251 e. The second kappa shape index (κ2) is 12.2. The third-order valence-electron chi connectivity index (χ3n) is 6.76. The van der Waals surface area contributed by atoms with E-state index in [-0.39, 0.29) is 11.9 Å². The van der Waals surface area contributed by atoms with Crippen LogP contribution in [0.2, 0.25) is 0 Å². The molecule has 0 saturated carbocycles. The summed E-state index contributed by atoms with van der Waals surface area (Å²) in [6, 6.07) is 21.1. The highest BCUT2D eigenvalue weighted by atomic mass is 16.5. The van der Waals surface area contributed by atoms with Crippen LogP contribution >= 0.6 is 0 Å². The molecule has 1 saturated heterocycles. The lowest BCUT2D eigenvalue weighted by molar-refractivity contribution is 0.0908. The molecule has 1 aliphatic heterocycles. The van der Waals surface area contributed by atoms with E-state index in [9.17, 15) is 4.79 Å². The number of piperidine rings is 1. The Morgan fingerprint density at radius 3 is 2.49 bits per heavy atom. The van der Waals surface area contributed by atoms with Gasteiger partial charge in [-0.1, -0.05) is 30.3 Å². The van der Waals surface area contributed by atoms with E-state index in [1.807, 2.05) is 18.2 Å². The highest BCUT2D eigenvalue weighted by Crippen LogP contribution is 2.21. The van der Waals surface area contributed by atoms with E-state index < -0.39 is 0 Å². The molecule has 0 bridgehead atoms. The second-order valence-electron chi connectivity index (χ2n) is 9.50. The Balaban J connectivity index is 1.30. The van der Waals surface area contributed by atoms with Gasteiger partial charge in [-0.15, -0.1) is 0 Å². The maximum absolute atomic E-state index is 12.6. The molecule has 4 rings (SSSR count). The molecule has 0 radical (unpaired) electrons. The number of amides is 1. The molecule has 0 spiro atoms. The van der Waals surface area contributed by atoms with Crippen LogP contribution in [0.15, 0.2) is 60.7 Å². The van der Waals surface area contributed by atoms with Crippen molar-refractivity contribution in [2.75, 3.05) is 47.5 Å². The predicted octanol–water partition coefficient (Wildman–Crippen LogP) is 4.32. The van der Waals surface area contributed by atoms with Gasteiger partial charge in [0.2, 0.25) is 0 Å². The normalized spacial score (nSPS) is 15.0. The van der Waals surface area contributed by atoms with Crippen molar-refractivity contribution in [1.82, 2.24) is 15.1 Å². The summed E-state index contributed by atoms with van der Waals surface area (Å²) in [6.45, 7) is 5.47. The highest BCUT2D eigenvalue weighted by Gasteiger charge is 2.21. The highest BCUT2D eigenvalue weighted by molar-refractivity contribution is 5.94. The minimum Gasteiger partial charge on any atom is -0.497 e. The largest absolute Gasteiger partial charge is 0.497 e. The number of ether oxygens (including phenoxy) is 2. The Morgan fingerprint density at radius 2 is 1.74 bits per heavy atom. The Kier molecular flexibility index (Phi) is 8.74. The summed E-state index contributed by atoms with van der Waals surface area (Å²) in [7, 11) is 5.49. The van der Waals surface area contributed by atoms with E-state index in [2.05, 4.69) is 58.6 Å². The molecule has 0 aromatic heterocycles. The van der Waals surface area contributed by atoms with Crippen LogP contribution in [0.4, 0.5) is 0 Å². The first-order valence-corrected chi connectivity index (χ1v) is 12.4. The first-order chi connectivity index (χ1) is 17.0. The van der Waals surface area contributed by atoms with E-state index >= 15 is 0 Å². The molecular formula is C29H37N3O3. The number of carbonyl (C=O) groups is 1. The molecule has 1 aliphatic rings. The molecule has 3 aromatic carbocycles. The molecule has 6 nitrogen and oxygen atoms in total. The number of carbonyl (C=O) groups excluding carboxylic acids is 1. The number of benzene rings is 3. The molecule has 1 fully saturated rings. The molecule has 1 heterocycles. The van der Waals surface area contributed by atoms with Crippen molar-refractivity contribution < 1.29 is 14.3 Å². The number of nitrogens with zero attached hydrogens (tertiary/aromatic N) is 2. The van der Waals surface area contributed by atoms with Crippen LogP contribution in [0.3, 0.4) is 0 Å². The van der Waals surface area contributed by atoms with Crippen LogP contribution in [-0.2, 0) is 17.8 Å². The van der Waals surface area contributed by atoms with Crippen LogP contribution in [0.5, 0.6) is 5.75 Å². The first-order valence-electron chi connectivity index (χ1n) is 12.4. The SMILES string of the molecule is COCCN(C)Cc1ccc2ccc(CN3CCC(NC(=O)c4cccc(OC)c4)CC3)cc2c1. The van der Waals surface area contributed by atoms with Crippen molar-refractivity contribution in [1.29, 1.82) is 0 Å². The molecular weight excluding hydrogens is 438 g/mol. The first kappa shape index (κ1) is 25.2. The maximum atomic E-state index is 12.6. The minimum atomic E-state index is -0.0273. The van der Waals surface area contributed by atoms with E-state index in [1.165, 1.54) is 21.9 Å². The molecule has 186 valence electrons. The van der Waals surface area contributed by atoms with Crippen LogP contribution in [-0.4, -0.2) is 69.3 Å². The summed E-state index contributed by atoms with van der Waals surface area (Å²) in [4.78, 5) is 17.4. The number of likely N-dealkylation sites (tertiary alicyclic amines) is 1. The monoisotopic (exact) mass is 475 g/mol. The van der Waals surface area contributed by atoms with Crippen molar-refractivity contribution in [3.05, 3.63) is 77.4 Å². The average Bonchev–Trinajstić information content (AvgIpc) is 2.88. The van der Waals surface area contributed by atoms with Crippen molar-refractivity contribution in [3.8, 4) is 5.75 Å². The van der Waals surface area contributed by atoms with Gasteiger partial charge in [0.25, 0.3) is 5.91 Å². The number of hydrogen-bond donors (Lipinski definition) is 1. The summed E-state index contributed by atoms with van der Waals surface area (Å²) >= 11 is 0. The van der Waals surface area contributed by atoms with Gasteiger partial charge in [0.1, 0.15) is 5.75 Å². The lowest BCUT2D eigenvalue weighted by Crippen LogP contribution is -2.44. The number of fused-ring (bicyclic) bond motifs is 1. The molecule has 0 atom stereocenters. The Bertz CT molecular complexity index is 1130. The van der Waals surface area contributed by atoms with E-state index in [0.717, 1.165) is 52.2 Å². The van der Waals surface area contributed by atoms with E-state index in [1.54, 1.807) is 20.3 Å². The van der Waals surface area contributed by atoms with Crippen LogP contribution < -0.4 is 10.1 Å². The minimum absolute atomic E-state index is 0.0273. The molecule has 0 unspecified atom stereocenters. The van der Waals surface area contributed by atoms with E-state index in [0.29, 0.717) is 11.3 Å². The summed E-state index contributed by atoms with van der Waals surface area (Å²) in [5.74, 6) is 0.675. The summed E-state index contributed by atoms with van der Waals surface area (Å²) in [6.07, 6.45) is 1.92. The molecule has 35 heavy (non-hydrogen) atoms. The fourth-order valence-corrected chi connectivity index (χ4v) is 4.71. The molecule has 6 heteroatoms. The third kappa shape index (κ3) is 7.04. The van der Waals surface area contributed by atoms with Gasteiger partial charge in [-0.05, 0) is 72.1 Å². The van der Waals surface area contributed by atoms with Crippen molar-refractivity contribution in [3.63, 3.8) is 0 Å². The Morgan fingerprint density at radius 1 is 1.00 bits per heavy atom. The van der Waals surface area contributed by atoms with Gasteiger partial charge in [-0.25, -0.2) is 0 Å². The number of nitrogens with one attached hydrogen (secondary N) is 1. The zero-order valence-corrected chi connectivity index (χ0v) is 21.1. The summed E-state index contributed by atoms with van der Waals surface area (Å²) < 4.78 is 10.4. The zero-order chi connectivity index (χ0) is 24.6.